The quantitative estimate of drug-likeness (QED) is 0.318. The lowest BCUT2D eigenvalue weighted by Gasteiger charge is -2.19. The van der Waals surface area contributed by atoms with Crippen molar-refractivity contribution in [1.29, 1.82) is 0 Å². The lowest BCUT2D eigenvalue weighted by molar-refractivity contribution is -0.120. The SMILES string of the molecule is CCOC(=O)c1c(C)nc(-c2ccco2)nc1SC(C(=O)NC1CC1)c1ccccc1. The molecule has 1 aromatic carbocycles. The number of carbonyl (C=O) groups excluding carboxylic acids is 2. The predicted molar refractivity (Wildman–Crippen MR) is 117 cm³/mol. The zero-order chi connectivity index (χ0) is 21.8. The fourth-order valence-corrected chi connectivity index (χ4v) is 4.28. The van der Waals surface area contributed by atoms with Gasteiger partial charge < -0.3 is 14.5 Å². The molecule has 4 rings (SSSR count). The van der Waals surface area contributed by atoms with E-state index >= 15 is 0 Å². The van der Waals surface area contributed by atoms with Gasteiger partial charge in [-0.05, 0) is 44.4 Å². The van der Waals surface area contributed by atoms with E-state index in [1.807, 2.05) is 30.3 Å². The summed E-state index contributed by atoms with van der Waals surface area (Å²) in [4.78, 5) is 34.9. The Balaban J connectivity index is 1.76. The van der Waals surface area contributed by atoms with Crippen molar-refractivity contribution in [3.63, 3.8) is 0 Å². The van der Waals surface area contributed by atoms with Gasteiger partial charge in [-0.25, -0.2) is 14.8 Å². The highest BCUT2D eigenvalue weighted by atomic mass is 32.2. The molecular weight excluding hydrogens is 414 g/mol. The van der Waals surface area contributed by atoms with E-state index in [0.29, 0.717) is 22.3 Å². The van der Waals surface area contributed by atoms with Crippen LogP contribution in [0, 0.1) is 6.92 Å². The molecule has 0 saturated heterocycles. The Bertz CT molecular complexity index is 1070. The van der Waals surface area contributed by atoms with Crippen molar-refractivity contribution in [2.45, 2.75) is 43.0 Å². The topological polar surface area (TPSA) is 94.3 Å². The first-order valence-corrected chi connectivity index (χ1v) is 11.1. The highest BCUT2D eigenvalue weighted by Crippen LogP contribution is 2.38. The van der Waals surface area contributed by atoms with Gasteiger partial charge in [0, 0.05) is 6.04 Å². The predicted octanol–water partition coefficient (Wildman–Crippen LogP) is 4.33. The van der Waals surface area contributed by atoms with Gasteiger partial charge in [0.2, 0.25) is 5.91 Å². The maximum atomic E-state index is 13.1. The average molecular weight is 438 g/mol. The standard InChI is InChI=1S/C23H23N3O4S/c1-3-29-23(28)18-14(2)24-20(17-10-7-13-30-17)26-22(18)31-19(15-8-5-4-6-9-15)21(27)25-16-11-12-16/h4-10,13,16,19H,3,11-12H2,1-2H3,(H,25,27). The highest BCUT2D eigenvalue weighted by Gasteiger charge is 2.32. The number of ether oxygens (including phenoxy) is 1. The maximum Gasteiger partial charge on any atom is 0.342 e. The van der Waals surface area contributed by atoms with Crippen molar-refractivity contribution in [3.8, 4) is 11.6 Å². The average Bonchev–Trinajstić information content (AvgIpc) is 3.40. The summed E-state index contributed by atoms with van der Waals surface area (Å²) in [5.41, 5.74) is 1.57. The molecule has 1 fully saturated rings. The summed E-state index contributed by atoms with van der Waals surface area (Å²) >= 11 is 1.22. The summed E-state index contributed by atoms with van der Waals surface area (Å²) in [5, 5.41) is 2.88. The van der Waals surface area contributed by atoms with E-state index < -0.39 is 11.2 Å². The molecule has 2 heterocycles. The fraction of sp³-hybridized carbons (Fsp3) is 0.304. The first-order valence-electron chi connectivity index (χ1n) is 10.2. The minimum Gasteiger partial charge on any atom is -0.462 e. The summed E-state index contributed by atoms with van der Waals surface area (Å²) in [5.74, 6) is 0.221. The lowest BCUT2D eigenvalue weighted by atomic mass is 10.1. The number of aromatic nitrogens is 2. The number of benzene rings is 1. The maximum absolute atomic E-state index is 13.1. The van der Waals surface area contributed by atoms with Crippen LogP contribution in [0.2, 0.25) is 0 Å². The number of thioether (sulfide) groups is 1. The van der Waals surface area contributed by atoms with Crippen LogP contribution in [-0.2, 0) is 9.53 Å². The molecule has 1 aliphatic rings. The Morgan fingerprint density at radius 2 is 1.97 bits per heavy atom. The van der Waals surface area contributed by atoms with E-state index in [9.17, 15) is 9.59 Å². The summed E-state index contributed by atoms with van der Waals surface area (Å²) in [6, 6.07) is 13.2. The van der Waals surface area contributed by atoms with Crippen LogP contribution in [0.25, 0.3) is 11.6 Å². The Morgan fingerprint density at radius 1 is 1.19 bits per heavy atom. The summed E-state index contributed by atoms with van der Waals surface area (Å²) < 4.78 is 10.7. The van der Waals surface area contributed by atoms with Crippen LogP contribution in [0.3, 0.4) is 0 Å². The van der Waals surface area contributed by atoms with Crippen molar-refractivity contribution in [2.24, 2.45) is 0 Å². The van der Waals surface area contributed by atoms with Crippen LogP contribution in [-0.4, -0.2) is 34.5 Å². The number of amides is 1. The van der Waals surface area contributed by atoms with E-state index in [2.05, 4.69) is 15.3 Å². The second kappa shape index (κ2) is 9.34. The van der Waals surface area contributed by atoms with Crippen LogP contribution in [0.15, 0.2) is 58.2 Å². The fourth-order valence-electron chi connectivity index (χ4n) is 3.10. The van der Waals surface area contributed by atoms with E-state index in [4.69, 9.17) is 9.15 Å². The van der Waals surface area contributed by atoms with Gasteiger partial charge in [-0.1, -0.05) is 42.1 Å². The summed E-state index contributed by atoms with van der Waals surface area (Å²) in [6.07, 6.45) is 3.51. The number of nitrogens with zero attached hydrogens (tertiary/aromatic N) is 2. The van der Waals surface area contributed by atoms with Gasteiger partial charge in [0.05, 0.1) is 18.6 Å². The van der Waals surface area contributed by atoms with E-state index in [0.717, 1.165) is 18.4 Å². The van der Waals surface area contributed by atoms with Crippen LogP contribution in [0.1, 0.15) is 46.6 Å². The normalized spacial score (nSPS) is 14.1. The van der Waals surface area contributed by atoms with E-state index in [1.54, 1.807) is 26.0 Å². The highest BCUT2D eigenvalue weighted by molar-refractivity contribution is 8.00. The van der Waals surface area contributed by atoms with Gasteiger partial charge in [0.15, 0.2) is 11.6 Å². The van der Waals surface area contributed by atoms with E-state index in [-0.39, 0.29) is 24.1 Å². The molecule has 1 unspecified atom stereocenters. The second-order valence-electron chi connectivity index (χ2n) is 7.20. The molecule has 0 bridgehead atoms. The van der Waals surface area contributed by atoms with Gasteiger partial charge >= 0.3 is 5.97 Å². The third-order valence-corrected chi connectivity index (χ3v) is 6.01. The Hall–Kier alpha value is -3.13. The monoisotopic (exact) mass is 437 g/mol. The largest absolute Gasteiger partial charge is 0.462 e. The molecular formula is C23H23N3O4S. The first kappa shape index (κ1) is 21.1. The molecule has 0 spiro atoms. The van der Waals surface area contributed by atoms with E-state index in [1.165, 1.54) is 18.0 Å². The van der Waals surface area contributed by atoms with Crippen LogP contribution in [0.5, 0.6) is 0 Å². The number of nitrogens with one attached hydrogen (secondary N) is 1. The molecule has 0 radical (unpaired) electrons. The first-order chi connectivity index (χ1) is 15.1. The number of carbonyl (C=O) groups is 2. The van der Waals surface area contributed by atoms with Gasteiger partial charge in [0.25, 0.3) is 0 Å². The number of esters is 1. The minimum atomic E-state index is -0.575. The zero-order valence-corrected chi connectivity index (χ0v) is 18.1. The lowest BCUT2D eigenvalue weighted by Crippen LogP contribution is -2.30. The smallest absolute Gasteiger partial charge is 0.342 e. The molecule has 0 aliphatic heterocycles. The molecule has 8 heteroatoms. The molecule has 1 saturated carbocycles. The van der Waals surface area contributed by atoms with Crippen molar-refractivity contribution in [1.82, 2.24) is 15.3 Å². The van der Waals surface area contributed by atoms with Crippen molar-refractivity contribution in [3.05, 3.63) is 65.5 Å². The molecule has 3 aromatic rings. The number of furan rings is 1. The van der Waals surface area contributed by atoms with Crippen LogP contribution < -0.4 is 5.32 Å². The van der Waals surface area contributed by atoms with Crippen LogP contribution in [0.4, 0.5) is 0 Å². The second-order valence-corrected chi connectivity index (χ2v) is 8.30. The Morgan fingerprint density at radius 3 is 2.61 bits per heavy atom. The Kier molecular flexibility index (Phi) is 6.36. The molecule has 160 valence electrons. The molecule has 2 aromatic heterocycles. The Labute approximate surface area is 184 Å². The third kappa shape index (κ3) is 4.96. The van der Waals surface area contributed by atoms with Gasteiger partial charge in [0.1, 0.15) is 15.8 Å². The number of aryl methyl sites for hydroxylation is 1. The molecule has 7 nitrogen and oxygen atoms in total. The number of rotatable bonds is 8. The van der Waals surface area contributed by atoms with Crippen molar-refractivity contribution >= 4 is 23.6 Å². The van der Waals surface area contributed by atoms with Crippen molar-refractivity contribution < 1.29 is 18.7 Å². The van der Waals surface area contributed by atoms with Gasteiger partial charge in [-0.3, -0.25) is 4.79 Å². The van der Waals surface area contributed by atoms with Crippen molar-refractivity contribution in [2.75, 3.05) is 6.61 Å². The number of hydrogen-bond donors (Lipinski definition) is 1. The number of hydrogen-bond acceptors (Lipinski definition) is 7. The minimum absolute atomic E-state index is 0.107. The molecule has 31 heavy (non-hydrogen) atoms. The van der Waals surface area contributed by atoms with Gasteiger partial charge in [-0.15, -0.1) is 0 Å². The van der Waals surface area contributed by atoms with Gasteiger partial charge in [-0.2, -0.15) is 0 Å². The zero-order valence-electron chi connectivity index (χ0n) is 17.3. The molecule has 1 amide bonds. The van der Waals surface area contributed by atoms with Crippen LogP contribution >= 0.6 is 11.8 Å². The summed E-state index contributed by atoms with van der Waals surface area (Å²) in [6.45, 7) is 3.70. The summed E-state index contributed by atoms with van der Waals surface area (Å²) in [7, 11) is 0. The molecule has 1 N–H and O–H groups in total. The third-order valence-electron chi connectivity index (χ3n) is 4.77. The molecule has 1 aliphatic carbocycles. The molecule has 1 atom stereocenters.